The minimum atomic E-state index is -3.82. The number of aromatic nitrogens is 2. The highest BCUT2D eigenvalue weighted by Crippen LogP contribution is 2.19. The van der Waals surface area contributed by atoms with Gasteiger partial charge in [-0.1, -0.05) is 18.2 Å². The number of anilines is 2. The molecule has 2 aromatic carbocycles. The standard InChI is InChI=1S/C20H21FN4O4S/c1-14-19(20(27)25(23(14)2)17-7-5-4-6-8-17)22-18(26)13-24(30(3,28)29)16-11-9-15(21)10-12-16/h4-12H,13H2,1-3H3,(H,22,26). The van der Waals surface area contributed by atoms with Crippen molar-refractivity contribution in [3.63, 3.8) is 0 Å². The van der Waals surface area contributed by atoms with Crippen LogP contribution in [-0.2, 0) is 21.9 Å². The SMILES string of the molecule is Cc1c(NC(=O)CN(c2ccc(F)cc2)S(C)(=O)=O)c(=O)n(-c2ccccc2)n1C. The summed E-state index contributed by atoms with van der Waals surface area (Å²) in [5.41, 5.74) is 0.879. The molecule has 3 rings (SSSR count). The Bertz CT molecular complexity index is 1230. The number of sulfonamides is 1. The molecule has 1 N–H and O–H groups in total. The van der Waals surface area contributed by atoms with Crippen LogP contribution in [0.3, 0.4) is 0 Å². The van der Waals surface area contributed by atoms with E-state index in [0.717, 1.165) is 22.7 Å². The predicted octanol–water partition coefficient (Wildman–Crippen LogP) is 2.03. The molecule has 0 saturated heterocycles. The Kier molecular flexibility index (Phi) is 5.79. The number of carbonyl (C=O) groups is 1. The first-order valence-corrected chi connectivity index (χ1v) is 10.8. The summed E-state index contributed by atoms with van der Waals surface area (Å²) in [7, 11) is -2.14. The molecule has 0 bridgehead atoms. The van der Waals surface area contributed by atoms with Gasteiger partial charge in [0.2, 0.25) is 15.9 Å². The minimum Gasteiger partial charge on any atom is -0.318 e. The van der Waals surface area contributed by atoms with Gasteiger partial charge in [0.25, 0.3) is 5.56 Å². The number of amides is 1. The second-order valence-corrected chi connectivity index (χ2v) is 8.64. The Hall–Kier alpha value is -3.40. The minimum absolute atomic E-state index is 0.0545. The quantitative estimate of drug-likeness (QED) is 0.645. The monoisotopic (exact) mass is 432 g/mol. The van der Waals surface area contributed by atoms with E-state index in [1.807, 2.05) is 6.07 Å². The molecule has 0 aliphatic carbocycles. The normalized spacial score (nSPS) is 11.3. The van der Waals surface area contributed by atoms with Gasteiger partial charge in [-0.05, 0) is 43.3 Å². The molecule has 0 aliphatic heterocycles. The topological polar surface area (TPSA) is 93.4 Å². The van der Waals surface area contributed by atoms with Crippen LogP contribution in [0.5, 0.6) is 0 Å². The van der Waals surface area contributed by atoms with Gasteiger partial charge in [0, 0.05) is 7.05 Å². The highest BCUT2D eigenvalue weighted by atomic mass is 32.2. The lowest BCUT2D eigenvalue weighted by Gasteiger charge is -2.21. The van der Waals surface area contributed by atoms with E-state index in [1.54, 1.807) is 42.9 Å². The zero-order valence-electron chi connectivity index (χ0n) is 16.7. The van der Waals surface area contributed by atoms with E-state index in [4.69, 9.17) is 0 Å². The summed E-state index contributed by atoms with van der Waals surface area (Å²) in [5, 5.41) is 2.52. The van der Waals surface area contributed by atoms with Crippen LogP contribution in [0.2, 0.25) is 0 Å². The van der Waals surface area contributed by atoms with Crippen molar-refractivity contribution in [3.05, 3.63) is 76.5 Å². The molecule has 0 spiro atoms. The van der Waals surface area contributed by atoms with Gasteiger partial charge in [-0.3, -0.25) is 18.6 Å². The summed E-state index contributed by atoms with van der Waals surface area (Å²) in [4.78, 5) is 25.5. The van der Waals surface area contributed by atoms with Gasteiger partial charge < -0.3 is 5.32 Å². The molecule has 0 aliphatic rings. The maximum absolute atomic E-state index is 13.2. The van der Waals surface area contributed by atoms with Gasteiger partial charge in [0.1, 0.15) is 18.0 Å². The molecule has 0 fully saturated rings. The molecule has 3 aromatic rings. The zero-order valence-corrected chi connectivity index (χ0v) is 17.5. The van der Waals surface area contributed by atoms with E-state index in [1.165, 1.54) is 16.8 Å². The largest absolute Gasteiger partial charge is 0.318 e. The van der Waals surface area contributed by atoms with Crippen molar-refractivity contribution in [1.29, 1.82) is 0 Å². The van der Waals surface area contributed by atoms with Crippen molar-refractivity contribution in [2.75, 3.05) is 22.4 Å². The number of carbonyl (C=O) groups excluding carboxylic acids is 1. The summed E-state index contributed by atoms with van der Waals surface area (Å²) < 4.78 is 41.4. The van der Waals surface area contributed by atoms with Crippen molar-refractivity contribution >= 4 is 27.3 Å². The van der Waals surface area contributed by atoms with Crippen LogP contribution in [-0.4, -0.2) is 36.5 Å². The second kappa shape index (κ2) is 8.15. The first-order chi connectivity index (χ1) is 14.1. The Morgan fingerprint density at radius 3 is 2.27 bits per heavy atom. The van der Waals surface area contributed by atoms with Gasteiger partial charge in [0.05, 0.1) is 23.3 Å². The Morgan fingerprint density at radius 1 is 1.10 bits per heavy atom. The highest BCUT2D eigenvalue weighted by molar-refractivity contribution is 7.92. The first-order valence-electron chi connectivity index (χ1n) is 8.96. The van der Waals surface area contributed by atoms with Crippen molar-refractivity contribution in [1.82, 2.24) is 9.36 Å². The molecule has 0 saturated carbocycles. The van der Waals surface area contributed by atoms with Crippen LogP contribution in [0.25, 0.3) is 5.69 Å². The molecular weight excluding hydrogens is 411 g/mol. The lowest BCUT2D eigenvalue weighted by molar-refractivity contribution is -0.114. The van der Waals surface area contributed by atoms with Gasteiger partial charge in [-0.25, -0.2) is 17.5 Å². The van der Waals surface area contributed by atoms with Crippen molar-refractivity contribution < 1.29 is 17.6 Å². The number of benzene rings is 2. The van der Waals surface area contributed by atoms with Crippen LogP contribution in [0.15, 0.2) is 59.4 Å². The number of nitrogens with one attached hydrogen (secondary N) is 1. The van der Waals surface area contributed by atoms with Gasteiger partial charge in [-0.15, -0.1) is 0 Å². The molecule has 0 unspecified atom stereocenters. The number of hydrogen-bond acceptors (Lipinski definition) is 4. The third-order valence-electron chi connectivity index (χ3n) is 4.62. The number of nitrogens with zero attached hydrogens (tertiary/aromatic N) is 3. The summed E-state index contributed by atoms with van der Waals surface area (Å²) >= 11 is 0. The fourth-order valence-corrected chi connectivity index (χ4v) is 3.89. The van der Waals surface area contributed by atoms with E-state index in [0.29, 0.717) is 11.4 Å². The van der Waals surface area contributed by atoms with Crippen LogP contribution in [0.4, 0.5) is 15.8 Å². The molecule has 1 aromatic heterocycles. The van der Waals surface area contributed by atoms with E-state index in [-0.39, 0.29) is 11.4 Å². The fourth-order valence-electron chi connectivity index (χ4n) is 3.03. The van der Waals surface area contributed by atoms with E-state index >= 15 is 0 Å². The zero-order chi connectivity index (χ0) is 22.1. The molecule has 1 heterocycles. The van der Waals surface area contributed by atoms with Gasteiger partial charge in [-0.2, -0.15) is 0 Å². The smallest absolute Gasteiger partial charge is 0.295 e. The van der Waals surface area contributed by atoms with Crippen molar-refractivity contribution in [3.8, 4) is 5.69 Å². The molecule has 10 heteroatoms. The van der Waals surface area contributed by atoms with Crippen molar-refractivity contribution in [2.24, 2.45) is 7.05 Å². The van der Waals surface area contributed by atoms with Crippen LogP contribution < -0.4 is 15.2 Å². The number of para-hydroxylation sites is 1. The average Bonchev–Trinajstić information content (AvgIpc) is 2.90. The average molecular weight is 432 g/mol. The van der Waals surface area contributed by atoms with E-state index in [9.17, 15) is 22.4 Å². The molecular formula is C20H21FN4O4S. The first kappa shape index (κ1) is 21.3. The molecule has 0 atom stereocenters. The van der Waals surface area contributed by atoms with Crippen molar-refractivity contribution in [2.45, 2.75) is 6.92 Å². The number of hydrogen-bond donors (Lipinski definition) is 1. The predicted molar refractivity (Wildman–Crippen MR) is 113 cm³/mol. The van der Waals surface area contributed by atoms with Crippen LogP contribution >= 0.6 is 0 Å². The van der Waals surface area contributed by atoms with Crippen LogP contribution in [0.1, 0.15) is 5.69 Å². The number of halogens is 1. The summed E-state index contributed by atoms with van der Waals surface area (Å²) in [6, 6.07) is 13.6. The molecule has 1 amide bonds. The summed E-state index contributed by atoms with van der Waals surface area (Å²) in [5.74, 6) is -1.23. The fraction of sp³-hybridized carbons (Fsp3) is 0.200. The third kappa shape index (κ3) is 4.28. The molecule has 158 valence electrons. The molecule has 30 heavy (non-hydrogen) atoms. The second-order valence-electron chi connectivity index (χ2n) is 6.73. The van der Waals surface area contributed by atoms with Gasteiger partial charge in [0.15, 0.2) is 0 Å². The lowest BCUT2D eigenvalue weighted by Crippen LogP contribution is -2.38. The van der Waals surface area contributed by atoms with Gasteiger partial charge >= 0.3 is 0 Å². The summed E-state index contributed by atoms with van der Waals surface area (Å²) in [6.07, 6.45) is 0.944. The molecule has 0 radical (unpaired) electrons. The van der Waals surface area contributed by atoms with E-state index in [2.05, 4.69) is 5.32 Å². The highest BCUT2D eigenvalue weighted by Gasteiger charge is 2.23. The maximum atomic E-state index is 13.2. The Morgan fingerprint density at radius 2 is 1.70 bits per heavy atom. The number of rotatable bonds is 6. The maximum Gasteiger partial charge on any atom is 0.295 e. The summed E-state index contributed by atoms with van der Waals surface area (Å²) in [6.45, 7) is 1.11. The van der Waals surface area contributed by atoms with E-state index < -0.39 is 33.9 Å². The molecule has 8 nitrogen and oxygen atoms in total. The van der Waals surface area contributed by atoms with Crippen LogP contribution in [0, 0.1) is 12.7 Å². The third-order valence-corrected chi connectivity index (χ3v) is 5.76. The lowest BCUT2D eigenvalue weighted by atomic mass is 10.3. The Balaban J connectivity index is 1.90. The Labute approximate surface area is 173 Å².